The van der Waals surface area contributed by atoms with Gasteiger partial charge in [0, 0.05) is 16.3 Å². The third-order valence-corrected chi connectivity index (χ3v) is 4.44. The van der Waals surface area contributed by atoms with Gasteiger partial charge in [-0.25, -0.2) is 9.20 Å². The highest BCUT2D eigenvalue weighted by molar-refractivity contribution is 6.30. The number of carbonyl (C=O) groups excluding carboxylic acids is 1. The Morgan fingerprint density at radius 3 is 2.61 bits per heavy atom. The topological polar surface area (TPSA) is 81.3 Å². The van der Waals surface area contributed by atoms with E-state index in [0.717, 1.165) is 10.2 Å². The highest BCUT2D eigenvalue weighted by Gasteiger charge is 2.14. The molecule has 0 unspecified atom stereocenters. The minimum absolute atomic E-state index is 0.214. The number of hydrogen-bond acceptors (Lipinski definition) is 4. The molecule has 0 aliphatic heterocycles. The van der Waals surface area contributed by atoms with Crippen molar-refractivity contribution >= 4 is 28.7 Å². The molecule has 0 saturated carbocycles. The lowest BCUT2D eigenvalue weighted by Gasteiger charge is -2.08. The van der Waals surface area contributed by atoms with Crippen LogP contribution in [-0.2, 0) is 11.3 Å². The third-order valence-electron chi connectivity index (χ3n) is 4.21. The summed E-state index contributed by atoms with van der Waals surface area (Å²) in [5.74, 6) is 0.135. The van der Waals surface area contributed by atoms with E-state index in [9.17, 15) is 9.59 Å². The average Bonchev–Trinajstić information content (AvgIpc) is 3.13. The minimum atomic E-state index is -0.387. The van der Waals surface area contributed by atoms with Gasteiger partial charge < -0.3 is 5.32 Å². The number of anilines is 1. The van der Waals surface area contributed by atoms with Gasteiger partial charge in [-0.2, -0.15) is 10.2 Å². The molecule has 2 aromatic carbocycles. The number of benzene rings is 2. The molecule has 0 bridgehead atoms. The van der Waals surface area contributed by atoms with Crippen molar-refractivity contribution in [3.63, 3.8) is 0 Å². The van der Waals surface area contributed by atoms with E-state index >= 15 is 0 Å². The molecule has 4 aromatic rings. The summed E-state index contributed by atoms with van der Waals surface area (Å²) in [5, 5.41) is 11.9. The Morgan fingerprint density at radius 1 is 1.07 bits per heavy atom. The number of rotatable bonds is 4. The van der Waals surface area contributed by atoms with E-state index in [4.69, 9.17) is 11.6 Å². The number of nitrogens with one attached hydrogen (secondary N) is 1. The summed E-state index contributed by atoms with van der Waals surface area (Å²) in [5.41, 5.74) is 2.10. The fraction of sp³-hybridized carbons (Fsp3) is 0.100. The molecule has 2 aromatic heterocycles. The average molecular weight is 394 g/mol. The second-order valence-corrected chi connectivity index (χ2v) is 6.70. The van der Waals surface area contributed by atoms with E-state index in [0.29, 0.717) is 27.7 Å². The molecule has 7 nitrogen and oxygen atoms in total. The summed E-state index contributed by atoms with van der Waals surface area (Å²) in [6.07, 6.45) is 0. The van der Waals surface area contributed by atoms with Crippen LogP contribution in [0.5, 0.6) is 0 Å². The van der Waals surface area contributed by atoms with Gasteiger partial charge in [0.15, 0.2) is 0 Å². The smallest absolute Gasteiger partial charge is 0.293 e. The fourth-order valence-corrected chi connectivity index (χ4v) is 3.13. The van der Waals surface area contributed by atoms with Crippen molar-refractivity contribution in [1.82, 2.24) is 19.4 Å². The van der Waals surface area contributed by atoms with Crippen molar-refractivity contribution in [3.8, 4) is 11.3 Å². The normalized spacial score (nSPS) is 10.9. The Balaban J connectivity index is 1.65. The molecule has 2 heterocycles. The van der Waals surface area contributed by atoms with Gasteiger partial charge in [-0.3, -0.25) is 9.59 Å². The van der Waals surface area contributed by atoms with Crippen LogP contribution in [0.1, 0.15) is 5.82 Å². The lowest BCUT2D eigenvalue weighted by molar-refractivity contribution is -0.117. The van der Waals surface area contributed by atoms with Gasteiger partial charge in [-0.1, -0.05) is 48.0 Å². The molecule has 0 spiro atoms. The predicted octanol–water partition coefficient (Wildman–Crippen LogP) is 3.16. The zero-order chi connectivity index (χ0) is 19.7. The van der Waals surface area contributed by atoms with Gasteiger partial charge >= 0.3 is 0 Å². The molecule has 1 amide bonds. The van der Waals surface area contributed by atoms with Crippen LogP contribution >= 0.6 is 11.6 Å². The highest BCUT2D eigenvalue weighted by atomic mass is 35.5. The van der Waals surface area contributed by atoms with Crippen LogP contribution in [0.2, 0.25) is 5.02 Å². The van der Waals surface area contributed by atoms with Crippen molar-refractivity contribution in [1.29, 1.82) is 0 Å². The van der Waals surface area contributed by atoms with Crippen molar-refractivity contribution in [2.75, 3.05) is 5.32 Å². The Labute approximate surface area is 165 Å². The van der Waals surface area contributed by atoms with Gasteiger partial charge in [-0.15, -0.1) is 0 Å². The van der Waals surface area contributed by atoms with Crippen molar-refractivity contribution in [2.24, 2.45) is 0 Å². The molecule has 0 aliphatic carbocycles. The Bertz CT molecular complexity index is 1230. The van der Waals surface area contributed by atoms with Gasteiger partial charge in [0.25, 0.3) is 5.56 Å². The molecule has 0 atom stereocenters. The van der Waals surface area contributed by atoms with E-state index in [2.05, 4.69) is 15.5 Å². The van der Waals surface area contributed by atoms with Crippen LogP contribution in [0.25, 0.3) is 16.8 Å². The largest absolute Gasteiger partial charge is 0.324 e. The summed E-state index contributed by atoms with van der Waals surface area (Å²) < 4.78 is 2.64. The van der Waals surface area contributed by atoms with Crippen LogP contribution < -0.4 is 10.9 Å². The second-order valence-electron chi connectivity index (χ2n) is 6.26. The summed E-state index contributed by atoms with van der Waals surface area (Å²) in [4.78, 5) is 25.1. The van der Waals surface area contributed by atoms with Crippen LogP contribution in [-0.4, -0.2) is 25.3 Å². The number of carbonyl (C=O) groups is 1. The molecule has 0 fully saturated rings. The first-order valence-corrected chi connectivity index (χ1v) is 8.97. The SMILES string of the molecule is Cc1nn(CC(=O)Nc2cccc(Cl)c2)c(=O)c2cc(-c3ccccc3)nn12. The molecular weight excluding hydrogens is 378 g/mol. The molecule has 0 aliphatic rings. The number of amides is 1. The summed E-state index contributed by atoms with van der Waals surface area (Å²) in [7, 11) is 0. The molecule has 28 heavy (non-hydrogen) atoms. The minimum Gasteiger partial charge on any atom is -0.324 e. The fourth-order valence-electron chi connectivity index (χ4n) is 2.93. The molecule has 0 saturated heterocycles. The monoisotopic (exact) mass is 393 g/mol. The van der Waals surface area contributed by atoms with Crippen LogP contribution in [0, 0.1) is 6.92 Å². The Kier molecular flexibility index (Phi) is 4.67. The van der Waals surface area contributed by atoms with Crippen LogP contribution in [0.3, 0.4) is 0 Å². The van der Waals surface area contributed by atoms with E-state index in [-0.39, 0.29) is 18.0 Å². The van der Waals surface area contributed by atoms with Gasteiger partial charge in [0.2, 0.25) is 5.91 Å². The standard InChI is InChI=1S/C20H16ClN5O2/c1-13-23-25(12-19(27)22-16-9-5-8-15(21)10-16)20(28)18-11-17(24-26(13)18)14-6-3-2-4-7-14/h2-11H,12H2,1H3,(H,22,27). The first kappa shape index (κ1) is 17.9. The lowest BCUT2D eigenvalue weighted by Crippen LogP contribution is -2.31. The number of fused-ring (bicyclic) bond motifs is 1. The molecule has 140 valence electrons. The Morgan fingerprint density at radius 2 is 1.86 bits per heavy atom. The number of halogens is 1. The quantitative estimate of drug-likeness (QED) is 0.577. The van der Waals surface area contributed by atoms with Crippen molar-refractivity contribution in [3.05, 3.63) is 81.9 Å². The first-order valence-electron chi connectivity index (χ1n) is 8.59. The van der Waals surface area contributed by atoms with Gasteiger partial charge in [0.05, 0.1) is 5.69 Å². The van der Waals surface area contributed by atoms with Gasteiger partial charge in [-0.05, 0) is 31.2 Å². The van der Waals surface area contributed by atoms with Crippen LogP contribution in [0.4, 0.5) is 5.69 Å². The van der Waals surface area contributed by atoms with Crippen molar-refractivity contribution in [2.45, 2.75) is 13.5 Å². The van der Waals surface area contributed by atoms with E-state index in [1.807, 2.05) is 30.3 Å². The maximum Gasteiger partial charge on any atom is 0.293 e. The molecule has 8 heteroatoms. The van der Waals surface area contributed by atoms with E-state index in [1.165, 1.54) is 4.52 Å². The number of nitrogens with zero attached hydrogens (tertiary/aromatic N) is 4. The maximum atomic E-state index is 12.8. The molecule has 0 radical (unpaired) electrons. The Hall–Kier alpha value is -3.45. The van der Waals surface area contributed by atoms with Gasteiger partial charge in [0.1, 0.15) is 17.9 Å². The highest BCUT2D eigenvalue weighted by Crippen LogP contribution is 2.18. The van der Waals surface area contributed by atoms with E-state index in [1.54, 1.807) is 37.3 Å². The number of aryl methyl sites for hydroxylation is 1. The second kappa shape index (κ2) is 7.28. The zero-order valence-electron chi connectivity index (χ0n) is 15.0. The van der Waals surface area contributed by atoms with E-state index < -0.39 is 0 Å². The summed E-state index contributed by atoms with van der Waals surface area (Å²) >= 11 is 5.92. The third kappa shape index (κ3) is 3.52. The van der Waals surface area contributed by atoms with Crippen molar-refractivity contribution < 1.29 is 4.79 Å². The lowest BCUT2D eigenvalue weighted by atomic mass is 10.1. The summed E-state index contributed by atoms with van der Waals surface area (Å²) in [6, 6.07) is 18.1. The summed E-state index contributed by atoms with van der Waals surface area (Å²) in [6.45, 7) is 1.52. The number of hydrogen-bond donors (Lipinski definition) is 1. The van der Waals surface area contributed by atoms with Crippen LogP contribution in [0.15, 0.2) is 65.5 Å². The zero-order valence-corrected chi connectivity index (χ0v) is 15.7. The molecule has 4 rings (SSSR count). The predicted molar refractivity (Wildman–Crippen MR) is 108 cm³/mol. The molecule has 1 N–H and O–H groups in total. The molecular formula is C20H16ClN5O2. The maximum absolute atomic E-state index is 12.8. The first-order chi connectivity index (χ1) is 13.5. The number of aromatic nitrogens is 4.